The van der Waals surface area contributed by atoms with Crippen LogP contribution < -0.4 is 4.31 Å². The largest absolute Gasteiger partial charge is 0.293 e. The predicted octanol–water partition coefficient (Wildman–Crippen LogP) is 3.32. The number of Topliss-reactive ketones (excluding diaryl/α,β-unsaturated/α-hetero) is 1. The number of aromatic nitrogens is 2. The second-order valence-electron chi connectivity index (χ2n) is 6.69. The summed E-state index contributed by atoms with van der Waals surface area (Å²) in [6, 6.07) is 13.0. The van der Waals surface area contributed by atoms with Gasteiger partial charge in [-0.3, -0.25) is 9.10 Å². The van der Waals surface area contributed by atoms with Crippen molar-refractivity contribution in [1.82, 2.24) is 9.97 Å². The molecule has 0 amide bonds. The van der Waals surface area contributed by atoms with Gasteiger partial charge < -0.3 is 0 Å². The maximum Gasteiger partial charge on any atom is 0.232 e. The molecule has 0 N–H and O–H groups in total. The molecule has 0 unspecified atom stereocenters. The molecule has 0 atom stereocenters. The summed E-state index contributed by atoms with van der Waals surface area (Å²) in [5, 5.41) is 1.71. The van der Waals surface area contributed by atoms with Crippen LogP contribution in [0.3, 0.4) is 0 Å². The van der Waals surface area contributed by atoms with Crippen LogP contribution in [-0.4, -0.2) is 42.7 Å². The van der Waals surface area contributed by atoms with E-state index in [9.17, 15) is 13.2 Å². The van der Waals surface area contributed by atoms with E-state index >= 15 is 0 Å². The number of hydrogen-bond donors (Lipinski definition) is 0. The smallest absolute Gasteiger partial charge is 0.232 e. The first kappa shape index (κ1) is 18.9. The molecule has 8 heteroatoms. The minimum Gasteiger partial charge on any atom is -0.293 e. The van der Waals surface area contributed by atoms with Gasteiger partial charge >= 0.3 is 0 Å². The summed E-state index contributed by atoms with van der Waals surface area (Å²) in [6.45, 7) is 0.482. The third-order valence-corrected chi connectivity index (χ3v) is 6.91. The first-order valence-electron chi connectivity index (χ1n) is 8.90. The lowest BCUT2D eigenvalue weighted by Gasteiger charge is -2.29. The fraction of sp³-hybridized carbons (Fsp3) is 0.250. The van der Waals surface area contributed by atoms with Crippen molar-refractivity contribution < 1.29 is 13.2 Å². The van der Waals surface area contributed by atoms with Gasteiger partial charge in [0.15, 0.2) is 5.78 Å². The van der Waals surface area contributed by atoms with E-state index in [0.717, 1.165) is 34.3 Å². The molecule has 28 heavy (non-hydrogen) atoms. The molecule has 0 fully saturated rings. The van der Waals surface area contributed by atoms with Crippen molar-refractivity contribution in [3.63, 3.8) is 0 Å². The van der Waals surface area contributed by atoms with Gasteiger partial charge in [-0.2, -0.15) is 0 Å². The minimum atomic E-state index is -3.31. The molecule has 2 aromatic carbocycles. The number of rotatable bonds is 5. The van der Waals surface area contributed by atoms with E-state index in [4.69, 9.17) is 0 Å². The Morgan fingerprint density at radius 1 is 1.18 bits per heavy atom. The number of thioether (sulfide) groups is 1. The van der Waals surface area contributed by atoms with E-state index < -0.39 is 10.0 Å². The Morgan fingerprint density at radius 3 is 2.82 bits per heavy atom. The van der Waals surface area contributed by atoms with Crippen molar-refractivity contribution in [2.75, 3.05) is 22.9 Å². The van der Waals surface area contributed by atoms with E-state index in [-0.39, 0.29) is 11.5 Å². The minimum absolute atomic E-state index is 0.00743. The van der Waals surface area contributed by atoms with Gasteiger partial charge in [0.1, 0.15) is 11.4 Å². The second-order valence-corrected chi connectivity index (χ2v) is 9.56. The number of carbonyl (C=O) groups excluding carboxylic acids is 1. The first-order valence-corrected chi connectivity index (χ1v) is 11.7. The molecule has 3 aromatic rings. The quantitative estimate of drug-likeness (QED) is 0.363. The summed E-state index contributed by atoms with van der Waals surface area (Å²) in [5.74, 6) is 0.252. The van der Waals surface area contributed by atoms with Crippen LogP contribution in [-0.2, 0) is 16.4 Å². The zero-order valence-corrected chi connectivity index (χ0v) is 17.0. The van der Waals surface area contributed by atoms with Gasteiger partial charge in [0.2, 0.25) is 10.0 Å². The lowest BCUT2D eigenvalue weighted by molar-refractivity contribution is 0.102. The summed E-state index contributed by atoms with van der Waals surface area (Å²) in [4.78, 5) is 21.3. The first-order chi connectivity index (χ1) is 13.4. The maximum absolute atomic E-state index is 12.7. The number of ketones is 1. The number of aryl methyl sites for hydroxylation is 1. The normalized spacial score (nSPS) is 14.1. The molecule has 1 aliphatic rings. The zero-order valence-electron chi connectivity index (χ0n) is 15.3. The van der Waals surface area contributed by atoms with Gasteiger partial charge in [0.25, 0.3) is 0 Å². The molecule has 0 spiro atoms. The molecule has 0 saturated carbocycles. The van der Waals surface area contributed by atoms with Crippen LogP contribution in [0, 0.1) is 0 Å². The highest BCUT2D eigenvalue weighted by atomic mass is 32.2. The van der Waals surface area contributed by atoms with Crippen LogP contribution in [0.4, 0.5) is 5.69 Å². The van der Waals surface area contributed by atoms with E-state index in [2.05, 4.69) is 9.97 Å². The highest BCUT2D eigenvalue weighted by Gasteiger charge is 2.24. The molecule has 4 rings (SSSR count). The highest BCUT2D eigenvalue weighted by Crippen LogP contribution is 2.31. The van der Waals surface area contributed by atoms with Gasteiger partial charge in [-0.25, -0.2) is 18.4 Å². The number of sulfonamides is 1. The van der Waals surface area contributed by atoms with Crippen molar-refractivity contribution in [3.05, 3.63) is 59.9 Å². The predicted molar refractivity (Wildman–Crippen MR) is 112 cm³/mol. The number of para-hydroxylation sites is 1. The van der Waals surface area contributed by atoms with Crippen molar-refractivity contribution >= 4 is 44.2 Å². The molecule has 6 nitrogen and oxygen atoms in total. The molecule has 1 aliphatic heterocycles. The number of hydrogen-bond acceptors (Lipinski definition) is 6. The van der Waals surface area contributed by atoms with Gasteiger partial charge in [0.05, 0.1) is 23.2 Å². The van der Waals surface area contributed by atoms with Gasteiger partial charge in [-0.15, -0.1) is 0 Å². The van der Waals surface area contributed by atoms with Crippen LogP contribution in [0.2, 0.25) is 0 Å². The Hall–Kier alpha value is -2.45. The number of nitrogens with zero attached hydrogens (tertiary/aromatic N) is 3. The highest BCUT2D eigenvalue weighted by molar-refractivity contribution is 8.00. The van der Waals surface area contributed by atoms with Gasteiger partial charge in [-0.1, -0.05) is 30.0 Å². The van der Waals surface area contributed by atoms with E-state index in [1.165, 1.54) is 28.7 Å². The molecular formula is C20H19N3O3S2. The van der Waals surface area contributed by atoms with Crippen LogP contribution in [0.1, 0.15) is 22.3 Å². The van der Waals surface area contributed by atoms with Crippen LogP contribution >= 0.6 is 11.8 Å². The molecule has 0 bridgehead atoms. The summed E-state index contributed by atoms with van der Waals surface area (Å²) in [7, 11) is -3.31. The molecule has 144 valence electrons. The average Bonchev–Trinajstić information content (AvgIpc) is 2.70. The Kier molecular flexibility index (Phi) is 5.07. The lowest BCUT2D eigenvalue weighted by Crippen LogP contribution is -2.34. The van der Waals surface area contributed by atoms with Crippen LogP contribution in [0.25, 0.3) is 10.9 Å². The molecule has 0 radical (unpaired) electrons. The standard InChI is InChI=1S/C20H19N3O3S2/c1-28(25,26)23-10-4-5-14-11-15(8-9-18(14)23)19(24)12-27-20-16-6-2-3-7-17(16)21-13-22-20/h2-3,6-9,11,13H,4-5,10,12H2,1H3. The lowest BCUT2D eigenvalue weighted by atomic mass is 9.99. The van der Waals surface area contributed by atoms with Gasteiger partial charge in [-0.05, 0) is 42.7 Å². The van der Waals surface area contributed by atoms with E-state index in [1.807, 2.05) is 30.3 Å². The number of fused-ring (bicyclic) bond motifs is 2. The Bertz CT molecular complexity index is 1160. The molecule has 0 saturated heterocycles. The van der Waals surface area contributed by atoms with Gasteiger partial charge in [0, 0.05) is 17.5 Å². The van der Waals surface area contributed by atoms with Crippen LogP contribution in [0.15, 0.2) is 53.8 Å². The number of benzene rings is 2. The Morgan fingerprint density at radius 2 is 2.00 bits per heavy atom. The third kappa shape index (κ3) is 3.74. The Balaban J connectivity index is 1.54. The van der Waals surface area contributed by atoms with Crippen molar-refractivity contribution in [2.24, 2.45) is 0 Å². The van der Waals surface area contributed by atoms with Crippen LogP contribution in [0.5, 0.6) is 0 Å². The summed E-state index contributed by atoms with van der Waals surface area (Å²) < 4.78 is 25.4. The SMILES string of the molecule is CS(=O)(=O)N1CCCc2cc(C(=O)CSc3ncnc4ccccc34)ccc21. The van der Waals surface area contributed by atoms with Crippen molar-refractivity contribution in [1.29, 1.82) is 0 Å². The fourth-order valence-corrected chi connectivity index (χ4v) is 5.27. The molecule has 1 aromatic heterocycles. The number of anilines is 1. The monoisotopic (exact) mass is 413 g/mol. The third-order valence-electron chi connectivity index (χ3n) is 4.72. The summed E-state index contributed by atoms with van der Waals surface area (Å²) in [5.41, 5.74) is 3.03. The number of carbonyl (C=O) groups is 1. The van der Waals surface area contributed by atoms with Crippen molar-refractivity contribution in [2.45, 2.75) is 17.9 Å². The second kappa shape index (κ2) is 7.52. The maximum atomic E-state index is 12.7. The topological polar surface area (TPSA) is 80.2 Å². The Labute approximate surface area is 168 Å². The molecule has 2 heterocycles. The van der Waals surface area contributed by atoms with E-state index in [0.29, 0.717) is 17.8 Å². The molecule has 0 aliphatic carbocycles. The zero-order chi connectivity index (χ0) is 19.7. The summed E-state index contributed by atoms with van der Waals surface area (Å²) in [6.07, 6.45) is 4.24. The van der Waals surface area contributed by atoms with E-state index in [1.54, 1.807) is 12.1 Å². The average molecular weight is 414 g/mol. The summed E-state index contributed by atoms with van der Waals surface area (Å²) >= 11 is 1.39. The van der Waals surface area contributed by atoms with Crippen molar-refractivity contribution in [3.8, 4) is 0 Å². The fourth-order valence-electron chi connectivity index (χ4n) is 3.39. The molecular weight excluding hydrogens is 394 g/mol.